The van der Waals surface area contributed by atoms with Gasteiger partial charge in [0.05, 0.1) is 24.9 Å². The number of carbonyl (C=O) groups excluding carboxylic acids is 2. The number of hydrogen-bond acceptors (Lipinski definition) is 5. The van der Waals surface area contributed by atoms with Crippen molar-refractivity contribution in [2.45, 2.75) is 64.8 Å². The van der Waals surface area contributed by atoms with E-state index in [4.69, 9.17) is 15.2 Å². The van der Waals surface area contributed by atoms with Crippen molar-refractivity contribution < 1.29 is 19.1 Å². The largest absolute Gasteiger partial charge is 0.463 e. The van der Waals surface area contributed by atoms with Gasteiger partial charge in [-0.2, -0.15) is 0 Å². The molecule has 0 fully saturated rings. The molecule has 1 aliphatic rings. The molecule has 0 saturated carbocycles. The quantitative estimate of drug-likeness (QED) is 0.711. The number of nitrogens with one attached hydrogen (secondary N) is 1. The first-order valence-electron chi connectivity index (χ1n) is 7.44. The highest BCUT2D eigenvalue weighted by Gasteiger charge is 2.35. The van der Waals surface area contributed by atoms with Crippen LogP contribution in [0.1, 0.15) is 40.5 Å². The molecule has 0 bridgehead atoms. The Morgan fingerprint density at radius 3 is 2.67 bits per heavy atom. The number of rotatable bonds is 6. The Morgan fingerprint density at radius 1 is 1.48 bits per heavy atom. The molecule has 4 unspecified atom stereocenters. The highest BCUT2D eigenvalue weighted by atomic mass is 16.5. The minimum absolute atomic E-state index is 0.0104. The molecule has 0 radical (unpaired) electrons. The second-order valence-electron chi connectivity index (χ2n) is 5.33. The lowest BCUT2D eigenvalue weighted by atomic mass is 9.88. The number of carbonyl (C=O) groups is 2. The van der Waals surface area contributed by atoms with E-state index in [0.717, 1.165) is 6.42 Å². The molecule has 4 atom stereocenters. The number of nitrogens with two attached hydrogens (primary N) is 1. The summed E-state index contributed by atoms with van der Waals surface area (Å²) < 4.78 is 10.9. The van der Waals surface area contributed by atoms with Crippen molar-refractivity contribution in [1.29, 1.82) is 0 Å². The van der Waals surface area contributed by atoms with E-state index in [1.54, 1.807) is 13.0 Å². The summed E-state index contributed by atoms with van der Waals surface area (Å²) in [4.78, 5) is 23.2. The lowest BCUT2D eigenvalue weighted by Gasteiger charge is -2.36. The molecule has 0 spiro atoms. The van der Waals surface area contributed by atoms with Crippen molar-refractivity contribution in [2.75, 3.05) is 6.61 Å². The smallest absolute Gasteiger partial charge is 0.333 e. The fraction of sp³-hybridized carbons (Fsp3) is 0.733. The van der Waals surface area contributed by atoms with Gasteiger partial charge in [-0.1, -0.05) is 6.92 Å². The van der Waals surface area contributed by atoms with Crippen LogP contribution in [0.25, 0.3) is 0 Å². The highest BCUT2D eigenvalue weighted by molar-refractivity contribution is 5.89. The average Bonchev–Trinajstić information content (AvgIpc) is 2.42. The number of hydrogen-bond donors (Lipinski definition) is 2. The topological polar surface area (TPSA) is 90.6 Å². The third-order valence-corrected chi connectivity index (χ3v) is 3.51. The first kappa shape index (κ1) is 17.7. The summed E-state index contributed by atoms with van der Waals surface area (Å²) in [5.41, 5.74) is 6.63. The summed E-state index contributed by atoms with van der Waals surface area (Å²) in [5.74, 6) is -0.534. The fourth-order valence-corrected chi connectivity index (χ4v) is 2.28. The molecule has 0 aromatic carbocycles. The van der Waals surface area contributed by atoms with Gasteiger partial charge in [-0.05, 0) is 32.8 Å². The van der Waals surface area contributed by atoms with Crippen molar-refractivity contribution in [1.82, 2.24) is 5.32 Å². The van der Waals surface area contributed by atoms with Gasteiger partial charge in [-0.25, -0.2) is 4.79 Å². The molecule has 1 amide bonds. The zero-order chi connectivity index (χ0) is 16.0. The van der Waals surface area contributed by atoms with Crippen molar-refractivity contribution >= 4 is 11.9 Å². The minimum atomic E-state index is -0.424. The van der Waals surface area contributed by atoms with E-state index in [1.165, 1.54) is 6.92 Å². The van der Waals surface area contributed by atoms with Crippen LogP contribution in [0.5, 0.6) is 0 Å². The van der Waals surface area contributed by atoms with Crippen molar-refractivity contribution in [3.8, 4) is 0 Å². The Kier molecular flexibility index (Phi) is 6.84. The molecular formula is C15H26N2O4. The third-order valence-electron chi connectivity index (χ3n) is 3.51. The van der Waals surface area contributed by atoms with Crippen LogP contribution in [0.4, 0.5) is 0 Å². The van der Waals surface area contributed by atoms with Gasteiger partial charge in [0.2, 0.25) is 5.91 Å². The first-order chi connectivity index (χ1) is 9.88. The lowest BCUT2D eigenvalue weighted by Crippen LogP contribution is -2.57. The van der Waals surface area contributed by atoms with Gasteiger partial charge in [0.25, 0.3) is 0 Å². The SMILES string of the molecule is CCOC(=O)C1=CC(OC(C)CC)C(NC(C)=O)C(N)C1. The lowest BCUT2D eigenvalue weighted by molar-refractivity contribution is -0.139. The van der Waals surface area contributed by atoms with Crippen molar-refractivity contribution in [2.24, 2.45) is 5.73 Å². The Hall–Kier alpha value is -1.40. The molecule has 0 aliphatic heterocycles. The van der Waals surface area contributed by atoms with Crippen LogP contribution in [0.15, 0.2) is 11.6 Å². The molecule has 6 nitrogen and oxygen atoms in total. The van der Waals surface area contributed by atoms with Crippen LogP contribution in [0.3, 0.4) is 0 Å². The monoisotopic (exact) mass is 298 g/mol. The minimum Gasteiger partial charge on any atom is -0.463 e. The maximum Gasteiger partial charge on any atom is 0.333 e. The molecule has 21 heavy (non-hydrogen) atoms. The van der Waals surface area contributed by atoms with Gasteiger partial charge in [-0.3, -0.25) is 4.79 Å². The molecule has 1 aliphatic carbocycles. The fourth-order valence-electron chi connectivity index (χ4n) is 2.28. The van der Waals surface area contributed by atoms with Gasteiger partial charge in [0.15, 0.2) is 0 Å². The standard InChI is InChI=1S/C15H26N2O4/c1-5-9(3)21-13-8-11(15(19)20-6-2)7-12(16)14(13)17-10(4)18/h8-9,12-14H,5-7,16H2,1-4H3,(H,17,18). The number of ether oxygens (including phenoxy) is 2. The Balaban J connectivity index is 2.95. The van der Waals surface area contributed by atoms with Gasteiger partial charge >= 0.3 is 5.97 Å². The molecule has 0 aromatic heterocycles. The van der Waals surface area contributed by atoms with Crippen LogP contribution in [-0.4, -0.2) is 42.8 Å². The highest BCUT2D eigenvalue weighted by Crippen LogP contribution is 2.23. The predicted molar refractivity (Wildman–Crippen MR) is 79.5 cm³/mol. The van der Waals surface area contributed by atoms with Gasteiger partial charge in [0, 0.05) is 18.5 Å². The summed E-state index contributed by atoms with van der Waals surface area (Å²) in [6, 6.07) is -0.720. The van der Waals surface area contributed by atoms with E-state index in [2.05, 4.69) is 5.32 Å². The van der Waals surface area contributed by atoms with Crippen LogP contribution in [0, 0.1) is 0 Å². The van der Waals surface area contributed by atoms with Gasteiger partial charge < -0.3 is 20.5 Å². The summed E-state index contributed by atoms with van der Waals surface area (Å²) in [6.45, 7) is 7.48. The molecule has 6 heteroatoms. The van der Waals surface area contributed by atoms with E-state index >= 15 is 0 Å². The average molecular weight is 298 g/mol. The second kappa shape index (κ2) is 8.14. The Bertz CT molecular complexity index is 408. The zero-order valence-electron chi connectivity index (χ0n) is 13.2. The summed E-state index contributed by atoms with van der Waals surface area (Å²) in [5, 5.41) is 2.82. The molecule has 0 heterocycles. The summed E-state index contributed by atoms with van der Waals surface area (Å²) >= 11 is 0. The normalized spacial score (nSPS) is 26.7. The van der Waals surface area contributed by atoms with Crippen molar-refractivity contribution in [3.63, 3.8) is 0 Å². The summed E-state index contributed by atoms with van der Waals surface area (Å²) in [7, 11) is 0. The van der Waals surface area contributed by atoms with Crippen LogP contribution >= 0.6 is 0 Å². The number of amides is 1. The van der Waals surface area contributed by atoms with E-state index in [1.807, 2.05) is 13.8 Å². The van der Waals surface area contributed by atoms with Crippen LogP contribution < -0.4 is 11.1 Å². The van der Waals surface area contributed by atoms with E-state index in [0.29, 0.717) is 18.6 Å². The Labute approximate surface area is 126 Å². The maximum absolute atomic E-state index is 11.9. The molecular weight excluding hydrogens is 272 g/mol. The molecule has 0 aromatic rings. The molecule has 1 rings (SSSR count). The van der Waals surface area contributed by atoms with Gasteiger partial charge in [0.1, 0.15) is 0 Å². The van der Waals surface area contributed by atoms with E-state index in [-0.39, 0.29) is 30.1 Å². The third kappa shape index (κ3) is 5.13. The molecule has 120 valence electrons. The number of esters is 1. The first-order valence-corrected chi connectivity index (χ1v) is 7.44. The van der Waals surface area contributed by atoms with Crippen LogP contribution in [0.2, 0.25) is 0 Å². The zero-order valence-corrected chi connectivity index (χ0v) is 13.2. The maximum atomic E-state index is 11.9. The Morgan fingerprint density at radius 2 is 2.14 bits per heavy atom. The predicted octanol–water partition coefficient (Wildman–Crippen LogP) is 0.895. The molecule has 3 N–H and O–H groups in total. The summed E-state index contributed by atoms with van der Waals surface area (Å²) in [6.07, 6.45) is 2.52. The second-order valence-corrected chi connectivity index (χ2v) is 5.33. The van der Waals surface area contributed by atoms with E-state index < -0.39 is 6.10 Å². The van der Waals surface area contributed by atoms with Gasteiger partial charge in [-0.15, -0.1) is 0 Å². The van der Waals surface area contributed by atoms with E-state index in [9.17, 15) is 9.59 Å². The molecule has 0 saturated heterocycles. The van der Waals surface area contributed by atoms with Crippen molar-refractivity contribution in [3.05, 3.63) is 11.6 Å². The van der Waals surface area contributed by atoms with Crippen LogP contribution in [-0.2, 0) is 19.1 Å².